The SMILES string of the molecule is CCn1nccc1C[C@H]1COc2cc(-c3ccccc3C(=O)NS(=O)(=O)C(C)(C)C)ccc2[C@@H]1O. The zero-order valence-corrected chi connectivity index (χ0v) is 21.2. The average Bonchev–Trinajstić information content (AvgIpc) is 3.27. The fourth-order valence-corrected chi connectivity index (χ4v) is 4.79. The van der Waals surface area contributed by atoms with E-state index >= 15 is 0 Å². The lowest BCUT2D eigenvalue weighted by Gasteiger charge is -2.31. The van der Waals surface area contributed by atoms with Crippen LogP contribution in [-0.4, -0.2) is 40.6 Å². The van der Waals surface area contributed by atoms with E-state index in [0.717, 1.165) is 12.2 Å². The molecule has 35 heavy (non-hydrogen) atoms. The van der Waals surface area contributed by atoms with Gasteiger partial charge >= 0.3 is 0 Å². The second kappa shape index (κ2) is 9.47. The number of hydrogen-bond donors (Lipinski definition) is 2. The quantitative estimate of drug-likeness (QED) is 0.537. The number of hydrogen-bond acceptors (Lipinski definition) is 6. The Morgan fingerprint density at radius 2 is 1.94 bits per heavy atom. The van der Waals surface area contributed by atoms with Gasteiger partial charge < -0.3 is 9.84 Å². The second-order valence-corrected chi connectivity index (χ2v) is 12.1. The summed E-state index contributed by atoms with van der Waals surface area (Å²) < 4.78 is 34.0. The summed E-state index contributed by atoms with van der Waals surface area (Å²) in [5.41, 5.74) is 3.24. The summed E-state index contributed by atoms with van der Waals surface area (Å²) in [5.74, 6) is -0.259. The van der Waals surface area contributed by atoms with Crippen LogP contribution in [0.4, 0.5) is 0 Å². The molecule has 4 rings (SSSR count). The lowest BCUT2D eigenvalue weighted by atomic mass is 9.88. The third-order valence-corrected chi connectivity index (χ3v) is 8.39. The van der Waals surface area contributed by atoms with E-state index < -0.39 is 26.8 Å². The number of aliphatic hydroxyl groups excluding tert-OH is 1. The number of amides is 1. The molecule has 0 spiro atoms. The number of rotatable bonds is 6. The number of aromatic nitrogens is 2. The van der Waals surface area contributed by atoms with E-state index in [1.165, 1.54) is 20.8 Å². The predicted octanol–water partition coefficient (Wildman–Crippen LogP) is 3.71. The van der Waals surface area contributed by atoms with Crippen LogP contribution in [0, 0.1) is 5.92 Å². The first kappa shape index (κ1) is 24.9. The number of nitrogens with zero attached hydrogens (tertiary/aromatic N) is 2. The second-order valence-electron chi connectivity index (χ2n) is 9.70. The van der Waals surface area contributed by atoms with E-state index in [9.17, 15) is 18.3 Å². The van der Waals surface area contributed by atoms with Gasteiger partial charge in [0.15, 0.2) is 0 Å². The Kier molecular flexibility index (Phi) is 6.75. The molecule has 1 aliphatic heterocycles. The summed E-state index contributed by atoms with van der Waals surface area (Å²) in [6.07, 6.45) is 1.69. The van der Waals surface area contributed by atoms with Gasteiger partial charge in [0, 0.05) is 35.5 Å². The van der Waals surface area contributed by atoms with Gasteiger partial charge in [-0.25, -0.2) is 13.1 Å². The maximum absolute atomic E-state index is 12.9. The van der Waals surface area contributed by atoms with Crippen LogP contribution in [0.3, 0.4) is 0 Å². The number of nitrogens with one attached hydrogen (secondary N) is 1. The molecule has 3 aromatic rings. The van der Waals surface area contributed by atoms with Crippen molar-refractivity contribution in [1.29, 1.82) is 0 Å². The molecule has 0 unspecified atom stereocenters. The van der Waals surface area contributed by atoms with Crippen molar-refractivity contribution in [2.75, 3.05) is 6.61 Å². The van der Waals surface area contributed by atoms with Crippen molar-refractivity contribution < 1.29 is 23.1 Å². The van der Waals surface area contributed by atoms with Crippen molar-refractivity contribution in [2.45, 2.75) is 51.5 Å². The molecule has 2 N–H and O–H groups in total. The van der Waals surface area contributed by atoms with Crippen LogP contribution in [0.15, 0.2) is 54.7 Å². The molecule has 0 saturated carbocycles. The highest BCUT2D eigenvalue weighted by molar-refractivity contribution is 7.91. The number of sulfonamides is 1. The Morgan fingerprint density at radius 3 is 2.66 bits per heavy atom. The van der Waals surface area contributed by atoms with Crippen molar-refractivity contribution in [3.05, 3.63) is 71.5 Å². The van der Waals surface area contributed by atoms with Crippen LogP contribution in [0.5, 0.6) is 5.75 Å². The predicted molar refractivity (Wildman–Crippen MR) is 134 cm³/mol. The number of carbonyl (C=O) groups is 1. The molecule has 2 atom stereocenters. The molecule has 0 saturated heterocycles. The topological polar surface area (TPSA) is 111 Å². The number of benzene rings is 2. The summed E-state index contributed by atoms with van der Waals surface area (Å²) in [4.78, 5) is 12.9. The molecule has 186 valence electrons. The maximum atomic E-state index is 12.9. The highest BCUT2D eigenvalue weighted by Gasteiger charge is 2.33. The summed E-state index contributed by atoms with van der Waals surface area (Å²) in [5, 5.41) is 15.3. The van der Waals surface area contributed by atoms with Crippen LogP contribution < -0.4 is 9.46 Å². The van der Waals surface area contributed by atoms with Gasteiger partial charge in [-0.2, -0.15) is 5.10 Å². The third-order valence-electron chi connectivity index (χ3n) is 6.32. The van der Waals surface area contributed by atoms with Crippen molar-refractivity contribution in [3.63, 3.8) is 0 Å². The van der Waals surface area contributed by atoms with Crippen molar-refractivity contribution in [3.8, 4) is 16.9 Å². The third kappa shape index (κ3) is 4.97. The van der Waals surface area contributed by atoms with Crippen LogP contribution in [0.2, 0.25) is 0 Å². The van der Waals surface area contributed by atoms with Crippen LogP contribution >= 0.6 is 0 Å². The number of aliphatic hydroxyl groups is 1. The molecule has 0 radical (unpaired) electrons. The van der Waals surface area contributed by atoms with Crippen molar-refractivity contribution >= 4 is 15.9 Å². The van der Waals surface area contributed by atoms with E-state index in [0.29, 0.717) is 35.5 Å². The zero-order chi connectivity index (χ0) is 25.4. The Bertz CT molecular complexity index is 1340. The standard InChI is InChI=1S/C26H31N3O5S/c1-5-29-19(12-13-27-29)14-18-16-34-23-15-17(10-11-22(23)24(18)30)20-8-6-7-9-21(20)25(31)28-35(32,33)26(2,3)4/h6-13,15,18,24,30H,5,14,16H2,1-4H3,(H,28,31)/t18-,24+/m0/s1. The number of ether oxygens (including phenoxy) is 1. The molecule has 0 fully saturated rings. The van der Waals surface area contributed by atoms with E-state index in [-0.39, 0.29) is 11.5 Å². The first-order chi connectivity index (χ1) is 16.5. The molecule has 2 heterocycles. The average molecular weight is 498 g/mol. The van der Waals surface area contributed by atoms with Gasteiger partial charge in [-0.3, -0.25) is 9.48 Å². The van der Waals surface area contributed by atoms with Gasteiger partial charge in [-0.1, -0.05) is 30.3 Å². The molecule has 1 aliphatic rings. The van der Waals surface area contributed by atoms with Gasteiger partial charge in [0.2, 0.25) is 10.0 Å². The summed E-state index contributed by atoms with van der Waals surface area (Å²) in [7, 11) is -3.86. The van der Waals surface area contributed by atoms with E-state index in [1.807, 2.05) is 23.7 Å². The smallest absolute Gasteiger partial charge is 0.265 e. The molecule has 0 aliphatic carbocycles. The minimum absolute atomic E-state index is 0.115. The van der Waals surface area contributed by atoms with E-state index in [1.54, 1.807) is 42.6 Å². The van der Waals surface area contributed by atoms with Gasteiger partial charge in [-0.05, 0) is 63.4 Å². The zero-order valence-electron chi connectivity index (χ0n) is 20.4. The van der Waals surface area contributed by atoms with Gasteiger partial charge in [0.1, 0.15) is 5.75 Å². The molecule has 1 aromatic heterocycles. The minimum Gasteiger partial charge on any atom is -0.493 e. The first-order valence-electron chi connectivity index (χ1n) is 11.6. The molecule has 9 heteroatoms. The maximum Gasteiger partial charge on any atom is 0.265 e. The Balaban J connectivity index is 1.60. The van der Waals surface area contributed by atoms with Crippen molar-refractivity contribution in [2.24, 2.45) is 5.92 Å². The van der Waals surface area contributed by atoms with Crippen LogP contribution in [0.1, 0.15) is 55.4 Å². The Labute approximate surface area is 206 Å². The lowest BCUT2D eigenvalue weighted by molar-refractivity contribution is 0.0498. The largest absolute Gasteiger partial charge is 0.493 e. The van der Waals surface area contributed by atoms with Gasteiger partial charge in [0.25, 0.3) is 5.91 Å². The fraction of sp³-hybridized carbons (Fsp3) is 0.385. The molecule has 8 nitrogen and oxygen atoms in total. The molecule has 1 amide bonds. The fourth-order valence-electron chi connectivity index (χ4n) is 4.13. The summed E-state index contributed by atoms with van der Waals surface area (Å²) in [6, 6.07) is 14.2. The molecule has 0 bridgehead atoms. The number of fused-ring (bicyclic) bond motifs is 1. The summed E-state index contributed by atoms with van der Waals surface area (Å²) >= 11 is 0. The molecular formula is C26H31N3O5S. The Morgan fingerprint density at radius 1 is 1.20 bits per heavy atom. The first-order valence-corrected chi connectivity index (χ1v) is 13.1. The van der Waals surface area contributed by atoms with E-state index in [4.69, 9.17) is 4.74 Å². The highest BCUT2D eigenvalue weighted by atomic mass is 32.2. The van der Waals surface area contributed by atoms with Crippen molar-refractivity contribution in [1.82, 2.24) is 14.5 Å². The summed E-state index contributed by atoms with van der Waals surface area (Å²) in [6.45, 7) is 7.73. The van der Waals surface area contributed by atoms with Crippen LogP contribution in [0.25, 0.3) is 11.1 Å². The normalized spacial score (nSPS) is 18.0. The highest BCUT2D eigenvalue weighted by Crippen LogP contribution is 2.39. The monoisotopic (exact) mass is 497 g/mol. The molecular weight excluding hydrogens is 466 g/mol. The van der Waals surface area contributed by atoms with Gasteiger partial charge in [-0.15, -0.1) is 0 Å². The van der Waals surface area contributed by atoms with Gasteiger partial charge in [0.05, 0.1) is 17.5 Å². The Hall–Kier alpha value is -3.17. The van der Waals surface area contributed by atoms with Crippen LogP contribution in [-0.2, 0) is 23.0 Å². The number of carbonyl (C=O) groups excluding carboxylic acids is 1. The number of aryl methyl sites for hydroxylation is 1. The minimum atomic E-state index is -3.86. The molecule has 2 aromatic carbocycles. The lowest BCUT2D eigenvalue weighted by Crippen LogP contribution is -2.42. The van der Waals surface area contributed by atoms with E-state index in [2.05, 4.69) is 9.82 Å².